The second kappa shape index (κ2) is 3.73. The molecule has 0 radical (unpaired) electrons. The van der Waals surface area contributed by atoms with E-state index < -0.39 is 11.7 Å². The van der Waals surface area contributed by atoms with Crippen LogP contribution in [0, 0.1) is 11.3 Å². The third kappa shape index (κ3) is 1.97. The van der Waals surface area contributed by atoms with Crippen molar-refractivity contribution in [1.82, 2.24) is 0 Å². The van der Waals surface area contributed by atoms with E-state index in [0.29, 0.717) is 19.1 Å². The summed E-state index contributed by atoms with van der Waals surface area (Å²) in [5.74, 6) is 0.480. The Labute approximate surface area is 73.4 Å². The standard InChI is InChI=1S/C9H18O3/c1-7(2)5-9(8(10)11)3-4-12-6-9/h7-8,10-11H,3-6H2,1-2H3. The van der Waals surface area contributed by atoms with Gasteiger partial charge in [0.05, 0.1) is 6.61 Å². The highest BCUT2D eigenvalue weighted by molar-refractivity contribution is 4.85. The van der Waals surface area contributed by atoms with Crippen molar-refractivity contribution in [3.63, 3.8) is 0 Å². The van der Waals surface area contributed by atoms with E-state index in [4.69, 9.17) is 4.74 Å². The van der Waals surface area contributed by atoms with Crippen LogP contribution in [0.1, 0.15) is 26.7 Å². The van der Waals surface area contributed by atoms with Crippen LogP contribution < -0.4 is 0 Å². The van der Waals surface area contributed by atoms with Gasteiger partial charge in [-0.15, -0.1) is 0 Å². The zero-order valence-corrected chi connectivity index (χ0v) is 7.79. The van der Waals surface area contributed by atoms with Crippen molar-refractivity contribution in [1.29, 1.82) is 0 Å². The molecular weight excluding hydrogens is 156 g/mol. The normalized spacial score (nSPS) is 30.5. The largest absolute Gasteiger partial charge is 0.381 e. The summed E-state index contributed by atoms with van der Waals surface area (Å²) in [5, 5.41) is 18.5. The lowest BCUT2D eigenvalue weighted by molar-refractivity contribution is -0.142. The summed E-state index contributed by atoms with van der Waals surface area (Å²) in [6, 6.07) is 0. The fourth-order valence-electron chi connectivity index (χ4n) is 1.91. The maximum Gasteiger partial charge on any atom is 0.159 e. The first-order valence-electron chi connectivity index (χ1n) is 4.51. The quantitative estimate of drug-likeness (QED) is 0.621. The molecule has 0 amide bonds. The number of hydrogen-bond acceptors (Lipinski definition) is 3. The molecule has 0 saturated carbocycles. The van der Waals surface area contributed by atoms with E-state index in [1.165, 1.54) is 0 Å². The van der Waals surface area contributed by atoms with Crippen LogP contribution >= 0.6 is 0 Å². The Morgan fingerprint density at radius 1 is 1.42 bits per heavy atom. The minimum atomic E-state index is -1.23. The number of aliphatic hydroxyl groups excluding tert-OH is 1. The molecule has 1 saturated heterocycles. The maximum atomic E-state index is 9.23. The van der Waals surface area contributed by atoms with Crippen LogP contribution in [0.25, 0.3) is 0 Å². The SMILES string of the molecule is CC(C)CC1(C(O)O)CCOC1. The molecule has 3 nitrogen and oxygen atoms in total. The molecule has 72 valence electrons. The third-order valence-corrected chi connectivity index (χ3v) is 2.50. The lowest BCUT2D eigenvalue weighted by Gasteiger charge is -2.30. The number of rotatable bonds is 3. The van der Waals surface area contributed by atoms with Crippen LogP contribution in [-0.2, 0) is 4.74 Å². The summed E-state index contributed by atoms with van der Waals surface area (Å²) in [6.07, 6.45) is 0.357. The predicted octanol–water partition coefficient (Wildman–Crippen LogP) is 0.750. The first-order valence-corrected chi connectivity index (χ1v) is 4.51. The number of aliphatic hydroxyl groups is 2. The van der Waals surface area contributed by atoms with Crippen LogP contribution in [0.5, 0.6) is 0 Å². The van der Waals surface area contributed by atoms with Crippen molar-refractivity contribution < 1.29 is 14.9 Å². The molecule has 1 atom stereocenters. The second-order valence-corrected chi connectivity index (χ2v) is 4.14. The summed E-state index contributed by atoms with van der Waals surface area (Å²) in [6.45, 7) is 5.32. The molecule has 1 rings (SSSR count). The topological polar surface area (TPSA) is 49.7 Å². The van der Waals surface area contributed by atoms with Crippen LogP contribution in [0.3, 0.4) is 0 Å². The van der Waals surface area contributed by atoms with Crippen LogP contribution in [0.2, 0.25) is 0 Å². The second-order valence-electron chi connectivity index (χ2n) is 4.14. The first-order chi connectivity index (χ1) is 5.57. The van der Waals surface area contributed by atoms with E-state index in [-0.39, 0.29) is 0 Å². The molecule has 1 aliphatic rings. The molecule has 0 aromatic heterocycles. The highest BCUT2D eigenvalue weighted by atomic mass is 16.5. The smallest absolute Gasteiger partial charge is 0.159 e. The summed E-state index contributed by atoms with van der Waals surface area (Å²) >= 11 is 0. The molecular formula is C9H18O3. The molecule has 1 heterocycles. The summed E-state index contributed by atoms with van der Waals surface area (Å²) < 4.78 is 5.20. The van der Waals surface area contributed by atoms with Crippen LogP contribution in [0.4, 0.5) is 0 Å². The molecule has 3 heteroatoms. The van der Waals surface area contributed by atoms with E-state index in [1.807, 2.05) is 0 Å². The fourth-order valence-corrected chi connectivity index (χ4v) is 1.91. The Hall–Kier alpha value is -0.120. The van der Waals surface area contributed by atoms with E-state index in [2.05, 4.69) is 13.8 Å². The van der Waals surface area contributed by atoms with Crippen molar-refractivity contribution in [2.75, 3.05) is 13.2 Å². The van der Waals surface area contributed by atoms with Crippen molar-refractivity contribution >= 4 is 0 Å². The Balaban J connectivity index is 2.59. The van der Waals surface area contributed by atoms with E-state index in [1.54, 1.807) is 0 Å². The third-order valence-electron chi connectivity index (χ3n) is 2.50. The highest BCUT2D eigenvalue weighted by Crippen LogP contribution is 2.37. The van der Waals surface area contributed by atoms with Gasteiger partial charge < -0.3 is 14.9 Å². The van der Waals surface area contributed by atoms with Crippen molar-refractivity contribution in [3.8, 4) is 0 Å². The Morgan fingerprint density at radius 3 is 2.42 bits per heavy atom. The van der Waals surface area contributed by atoms with Crippen LogP contribution in [0.15, 0.2) is 0 Å². The van der Waals surface area contributed by atoms with Gasteiger partial charge in [0.1, 0.15) is 0 Å². The Bertz CT molecular complexity index is 137. The van der Waals surface area contributed by atoms with Gasteiger partial charge in [0.2, 0.25) is 0 Å². The monoisotopic (exact) mass is 174 g/mol. The molecule has 1 fully saturated rings. The van der Waals surface area contributed by atoms with Gasteiger partial charge in [-0.05, 0) is 18.8 Å². The van der Waals surface area contributed by atoms with Crippen molar-refractivity contribution in [2.24, 2.45) is 11.3 Å². The average molecular weight is 174 g/mol. The van der Waals surface area contributed by atoms with E-state index in [9.17, 15) is 10.2 Å². The first kappa shape index (κ1) is 9.96. The number of hydrogen-bond donors (Lipinski definition) is 2. The average Bonchev–Trinajstić information content (AvgIpc) is 2.35. The lowest BCUT2D eigenvalue weighted by atomic mass is 9.79. The Morgan fingerprint density at radius 2 is 2.08 bits per heavy atom. The molecule has 1 aliphatic heterocycles. The van der Waals surface area contributed by atoms with Crippen molar-refractivity contribution in [3.05, 3.63) is 0 Å². The molecule has 2 N–H and O–H groups in total. The summed E-state index contributed by atoms with van der Waals surface area (Å²) in [4.78, 5) is 0. The predicted molar refractivity (Wildman–Crippen MR) is 45.5 cm³/mol. The van der Waals surface area contributed by atoms with Crippen molar-refractivity contribution in [2.45, 2.75) is 33.0 Å². The number of ether oxygens (including phenoxy) is 1. The van der Waals surface area contributed by atoms with Gasteiger partial charge in [0, 0.05) is 12.0 Å². The zero-order chi connectivity index (χ0) is 9.19. The Kier molecular flexibility index (Phi) is 3.09. The van der Waals surface area contributed by atoms with E-state index >= 15 is 0 Å². The van der Waals surface area contributed by atoms with E-state index in [0.717, 1.165) is 12.8 Å². The molecule has 12 heavy (non-hydrogen) atoms. The molecule has 0 bridgehead atoms. The maximum absolute atomic E-state index is 9.23. The van der Waals surface area contributed by atoms with Gasteiger partial charge in [-0.1, -0.05) is 13.8 Å². The van der Waals surface area contributed by atoms with Gasteiger partial charge >= 0.3 is 0 Å². The minimum Gasteiger partial charge on any atom is -0.381 e. The molecule has 1 unspecified atom stereocenters. The fraction of sp³-hybridized carbons (Fsp3) is 1.00. The minimum absolute atomic E-state index is 0.395. The molecule has 0 aromatic rings. The zero-order valence-electron chi connectivity index (χ0n) is 7.79. The van der Waals surface area contributed by atoms with Gasteiger partial charge in [0.15, 0.2) is 6.29 Å². The highest BCUT2D eigenvalue weighted by Gasteiger charge is 2.41. The molecule has 0 aromatic carbocycles. The summed E-state index contributed by atoms with van der Waals surface area (Å²) in [5.41, 5.74) is -0.395. The summed E-state index contributed by atoms with van der Waals surface area (Å²) in [7, 11) is 0. The van der Waals surface area contributed by atoms with Gasteiger partial charge in [-0.3, -0.25) is 0 Å². The molecule has 0 aliphatic carbocycles. The lowest BCUT2D eigenvalue weighted by Crippen LogP contribution is -2.36. The van der Waals surface area contributed by atoms with Crippen LogP contribution in [-0.4, -0.2) is 29.7 Å². The van der Waals surface area contributed by atoms with Gasteiger partial charge in [-0.2, -0.15) is 0 Å². The van der Waals surface area contributed by atoms with Gasteiger partial charge in [-0.25, -0.2) is 0 Å². The molecule has 0 spiro atoms. The van der Waals surface area contributed by atoms with Gasteiger partial charge in [0.25, 0.3) is 0 Å².